The first-order chi connectivity index (χ1) is 7.66. The lowest BCUT2D eigenvalue weighted by Gasteiger charge is -2.12. The van der Waals surface area contributed by atoms with Crippen LogP contribution in [0, 0.1) is 13.8 Å². The Bertz CT molecular complexity index is 460. The molecule has 1 aromatic carbocycles. The molecule has 3 nitrogen and oxygen atoms in total. The zero-order chi connectivity index (χ0) is 11.5. The number of aromatic amines is 1. The van der Waals surface area contributed by atoms with Gasteiger partial charge in [-0.15, -0.1) is 0 Å². The van der Waals surface area contributed by atoms with Crippen molar-refractivity contribution < 1.29 is 0 Å². The lowest BCUT2D eigenvalue weighted by Crippen LogP contribution is -2.15. The van der Waals surface area contributed by atoms with E-state index >= 15 is 0 Å². The van der Waals surface area contributed by atoms with Crippen LogP contribution in [0.1, 0.15) is 28.6 Å². The van der Waals surface area contributed by atoms with Crippen LogP contribution in [0.25, 0.3) is 0 Å². The number of imidazole rings is 1. The van der Waals surface area contributed by atoms with Crippen molar-refractivity contribution in [2.75, 3.05) is 0 Å². The summed E-state index contributed by atoms with van der Waals surface area (Å²) in [6.45, 7) is 4.21. The smallest absolute Gasteiger partial charge is 0.123 e. The summed E-state index contributed by atoms with van der Waals surface area (Å²) in [4.78, 5) is 7.24. The molecule has 0 saturated carbocycles. The van der Waals surface area contributed by atoms with Crippen molar-refractivity contribution in [3.63, 3.8) is 0 Å². The van der Waals surface area contributed by atoms with Crippen LogP contribution in [-0.2, 0) is 6.42 Å². The van der Waals surface area contributed by atoms with Gasteiger partial charge in [0.1, 0.15) is 5.82 Å². The monoisotopic (exact) mass is 215 g/mol. The van der Waals surface area contributed by atoms with E-state index in [0.29, 0.717) is 0 Å². The van der Waals surface area contributed by atoms with Crippen molar-refractivity contribution in [1.29, 1.82) is 0 Å². The molecule has 0 radical (unpaired) electrons. The summed E-state index contributed by atoms with van der Waals surface area (Å²) in [6, 6.07) is 6.39. The molecule has 1 atom stereocenters. The Hall–Kier alpha value is -1.61. The topological polar surface area (TPSA) is 54.7 Å². The predicted octanol–water partition coefficient (Wildman–Crippen LogP) is 2.27. The van der Waals surface area contributed by atoms with Crippen LogP contribution < -0.4 is 5.73 Å². The van der Waals surface area contributed by atoms with Crippen molar-refractivity contribution >= 4 is 0 Å². The van der Waals surface area contributed by atoms with Gasteiger partial charge in [0, 0.05) is 12.4 Å². The van der Waals surface area contributed by atoms with Crippen molar-refractivity contribution in [1.82, 2.24) is 9.97 Å². The van der Waals surface area contributed by atoms with Crippen LogP contribution >= 0.6 is 0 Å². The van der Waals surface area contributed by atoms with E-state index < -0.39 is 0 Å². The van der Waals surface area contributed by atoms with Crippen LogP contribution in [0.2, 0.25) is 0 Å². The van der Waals surface area contributed by atoms with E-state index in [1.54, 1.807) is 12.4 Å². The van der Waals surface area contributed by atoms with E-state index in [1.165, 1.54) is 16.7 Å². The fourth-order valence-electron chi connectivity index (χ4n) is 1.83. The Labute approximate surface area is 95.7 Å². The van der Waals surface area contributed by atoms with E-state index in [1.807, 2.05) is 0 Å². The average Bonchev–Trinajstić information content (AvgIpc) is 2.76. The summed E-state index contributed by atoms with van der Waals surface area (Å²) in [5.41, 5.74) is 9.95. The van der Waals surface area contributed by atoms with Crippen molar-refractivity contribution in [2.45, 2.75) is 26.3 Å². The van der Waals surface area contributed by atoms with Gasteiger partial charge in [0.2, 0.25) is 0 Å². The van der Waals surface area contributed by atoms with Gasteiger partial charge in [0.05, 0.1) is 6.04 Å². The molecule has 0 aliphatic carbocycles. The predicted molar refractivity (Wildman–Crippen MR) is 65.1 cm³/mol. The number of rotatable bonds is 3. The van der Waals surface area contributed by atoms with Gasteiger partial charge in [-0.25, -0.2) is 4.98 Å². The average molecular weight is 215 g/mol. The quantitative estimate of drug-likeness (QED) is 0.825. The van der Waals surface area contributed by atoms with E-state index in [0.717, 1.165) is 12.2 Å². The Morgan fingerprint density at radius 1 is 1.38 bits per heavy atom. The van der Waals surface area contributed by atoms with Gasteiger partial charge < -0.3 is 10.7 Å². The van der Waals surface area contributed by atoms with Gasteiger partial charge in [-0.3, -0.25) is 0 Å². The third-order valence-electron chi connectivity index (χ3n) is 2.82. The molecule has 2 rings (SSSR count). The summed E-state index contributed by atoms with van der Waals surface area (Å²) >= 11 is 0. The molecule has 1 heterocycles. The molecule has 2 aromatic rings. The Kier molecular flexibility index (Phi) is 3.06. The van der Waals surface area contributed by atoms with Gasteiger partial charge >= 0.3 is 0 Å². The minimum absolute atomic E-state index is 0.0597. The number of nitrogens with two attached hydrogens (primary N) is 1. The molecular formula is C13H17N3. The molecule has 16 heavy (non-hydrogen) atoms. The van der Waals surface area contributed by atoms with Crippen LogP contribution in [0.3, 0.4) is 0 Å². The minimum Gasteiger partial charge on any atom is -0.347 e. The van der Waals surface area contributed by atoms with Crippen molar-refractivity contribution in [3.05, 3.63) is 53.1 Å². The maximum atomic E-state index is 6.10. The number of nitrogens with zero attached hydrogens (tertiary/aromatic N) is 1. The molecule has 1 unspecified atom stereocenters. The molecular weight excluding hydrogens is 198 g/mol. The zero-order valence-electron chi connectivity index (χ0n) is 9.70. The first-order valence-electron chi connectivity index (χ1n) is 5.48. The van der Waals surface area contributed by atoms with E-state index in [-0.39, 0.29) is 6.04 Å². The standard InChI is InChI=1S/C13H17N3/c1-9-3-4-10(2)11(7-9)8-12(14)13-15-5-6-16-13/h3-7,12H,8,14H2,1-2H3,(H,15,16). The first-order valence-corrected chi connectivity index (χ1v) is 5.48. The lowest BCUT2D eigenvalue weighted by molar-refractivity contribution is 0.675. The molecule has 1 aromatic heterocycles. The number of hydrogen-bond acceptors (Lipinski definition) is 2. The number of benzene rings is 1. The van der Waals surface area contributed by atoms with Gasteiger partial charge in [0.25, 0.3) is 0 Å². The summed E-state index contributed by atoms with van der Waals surface area (Å²) in [7, 11) is 0. The largest absolute Gasteiger partial charge is 0.347 e. The lowest BCUT2D eigenvalue weighted by atomic mass is 9.99. The highest BCUT2D eigenvalue weighted by Gasteiger charge is 2.10. The highest BCUT2D eigenvalue weighted by molar-refractivity contribution is 5.31. The molecule has 0 spiro atoms. The SMILES string of the molecule is Cc1ccc(C)c(CC(N)c2ncc[nH]2)c1. The van der Waals surface area contributed by atoms with Gasteiger partial charge in [-0.2, -0.15) is 0 Å². The molecule has 0 bridgehead atoms. The summed E-state index contributed by atoms with van der Waals surface area (Å²) in [5.74, 6) is 0.848. The maximum absolute atomic E-state index is 6.10. The van der Waals surface area contributed by atoms with Crippen molar-refractivity contribution in [3.8, 4) is 0 Å². The molecule has 0 saturated heterocycles. The summed E-state index contributed by atoms with van der Waals surface area (Å²) < 4.78 is 0. The highest BCUT2D eigenvalue weighted by atomic mass is 14.9. The second kappa shape index (κ2) is 4.49. The number of nitrogens with one attached hydrogen (secondary N) is 1. The second-order valence-electron chi connectivity index (χ2n) is 4.21. The number of hydrogen-bond donors (Lipinski definition) is 2. The number of aromatic nitrogens is 2. The second-order valence-corrected chi connectivity index (χ2v) is 4.21. The van der Waals surface area contributed by atoms with E-state index in [4.69, 9.17) is 5.73 Å². The maximum Gasteiger partial charge on any atom is 0.123 e. The Morgan fingerprint density at radius 2 is 2.19 bits per heavy atom. The van der Waals surface area contributed by atoms with Crippen LogP contribution in [0.5, 0.6) is 0 Å². The Balaban J connectivity index is 2.17. The third kappa shape index (κ3) is 2.31. The fourth-order valence-corrected chi connectivity index (χ4v) is 1.83. The molecule has 3 heteroatoms. The summed E-state index contributed by atoms with van der Waals surface area (Å²) in [5, 5.41) is 0. The van der Waals surface area contributed by atoms with Gasteiger partial charge in [-0.05, 0) is 31.4 Å². The van der Waals surface area contributed by atoms with E-state index in [2.05, 4.69) is 42.0 Å². The van der Waals surface area contributed by atoms with Gasteiger partial charge in [-0.1, -0.05) is 23.8 Å². The van der Waals surface area contributed by atoms with Crippen LogP contribution in [-0.4, -0.2) is 9.97 Å². The van der Waals surface area contributed by atoms with Crippen molar-refractivity contribution in [2.24, 2.45) is 5.73 Å². The van der Waals surface area contributed by atoms with Crippen LogP contribution in [0.4, 0.5) is 0 Å². The Morgan fingerprint density at radius 3 is 2.88 bits per heavy atom. The van der Waals surface area contributed by atoms with Gasteiger partial charge in [0.15, 0.2) is 0 Å². The molecule has 0 aliphatic heterocycles. The molecule has 0 amide bonds. The molecule has 0 fully saturated rings. The first kappa shape index (κ1) is 10.9. The van der Waals surface area contributed by atoms with E-state index in [9.17, 15) is 0 Å². The molecule has 3 N–H and O–H groups in total. The molecule has 0 aliphatic rings. The normalized spacial score (nSPS) is 12.7. The molecule has 84 valence electrons. The minimum atomic E-state index is -0.0597. The third-order valence-corrected chi connectivity index (χ3v) is 2.82. The highest BCUT2D eigenvalue weighted by Crippen LogP contribution is 2.17. The zero-order valence-corrected chi connectivity index (χ0v) is 9.70. The summed E-state index contributed by atoms with van der Waals surface area (Å²) in [6.07, 6.45) is 4.36. The fraction of sp³-hybridized carbons (Fsp3) is 0.308. The number of H-pyrrole nitrogens is 1. The van der Waals surface area contributed by atoms with Crippen LogP contribution in [0.15, 0.2) is 30.6 Å². The number of aryl methyl sites for hydroxylation is 2.